The first kappa shape index (κ1) is 20.6. The van der Waals surface area contributed by atoms with Gasteiger partial charge in [0.25, 0.3) is 0 Å². The predicted molar refractivity (Wildman–Crippen MR) is 98.9 cm³/mol. The topological polar surface area (TPSA) is 107 Å². The van der Waals surface area contributed by atoms with Crippen molar-refractivity contribution in [2.75, 3.05) is 17.2 Å². The summed E-state index contributed by atoms with van der Waals surface area (Å²) in [6.07, 6.45) is -2.12. The molecule has 0 amide bonds. The number of anilines is 3. The summed E-state index contributed by atoms with van der Waals surface area (Å²) in [5.41, 5.74) is -0.522. The number of halogens is 3. The molecule has 0 aromatic carbocycles. The summed E-state index contributed by atoms with van der Waals surface area (Å²) in [5, 5.41) is 17.9. The molecule has 12 heteroatoms. The first-order valence-corrected chi connectivity index (χ1v) is 8.84. The van der Waals surface area contributed by atoms with Crippen LogP contribution in [0.1, 0.15) is 43.8 Å². The van der Waals surface area contributed by atoms with Gasteiger partial charge < -0.3 is 15.1 Å². The Morgan fingerprint density at radius 2 is 1.90 bits per heavy atom. The second kappa shape index (κ2) is 7.33. The van der Waals surface area contributed by atoms with E-state index in [1.165, 1.54) is 0 Å². The molecule has 0 aliphatic heterocycles. The number of hydrogen-bond donors (Lipinski definition) is 2. The molecule has 3 heterocycles. The molecule has 0 fully saturated rings. The lowest BCUT2D eigenvalue weighted by atomic mass is 10.1. The summed E-state index contributed by atoms with van der Waals surface area (Å²) in [7, 11) is 0. The van der Waals surface area contributed by atoms with E-state index in [-0.39, 0.29) is 18.3 Å². The normalized spacial score (nSPS) is 12.3. The van der Waals surface area contributed by atoms with Crippen LogP contribution >= 0.6 is 0 Å². The van der Waals surface area contributed by atoms with E-state index in [0.29, 0.717) is 23.2 Å². The molecule has 0 saturated heterocycles. The van der Waals surface area contributed by atoms with Crippen LogP contribution in [0.4, 0.5) is 30.6 Å². The monoisotopic (exact) mass is 410 g/mol. The van der Waals surface area contributed by atoms with E-state index in [0.717, 1.165) is 6.20 Å². The van der Waals surface area contributed by atoms with Gasteiger partial charge in [0.05, 0.1) is 17.6 Å². The maximum Gasteiger partial charge on any atom is 0.421 e. The Morgan fingerprint density at radius 3 is 2.48 bits per heavy atom. The molecule has 0 saturated carbocycles. The van der Waals surface area contributed by atoms with E-state index in [1.54, 1.807) is 31.6 Å². The molecule has 0 aliphatic rings. The van der Waals surface area contributed by atoms with Crippen molar-refractivity contribution in [3.8, 4) is 0 Å². The number of nitrogens with one attached hydrogen (secondary N) is 2. The van der Waals surface area contributed by atoms with E-state index in [2.05, 4.69) is 35.9 Å². The van der Waals surface area contributed by atoms with E-state index in [4.69, 9.17) is 4.42 Å². The van der Waals surface area contributed by atoms with Gasteiger partial charge in [0, 0.05) is 19.7 Å². The van der Waals surface area contributed by atoms with Gasteiger partial charge in [-0.2, -0.15) is 23.3 Å². The zero-order valence-electron chi connectivity index (χ0n) is 16.6. The van der Waals surface area contributed by atoms with Crippen LogP contribution in [0.25, 0.3) is 0 Å². The van der Waals surface area contributed by atoms with Gasteiger partial charge in [0.15, 0.2) is 0 Å². The van der Waals surface area contributed by atoms with Crippen LogP contribution in [-0.2, 0) is 11.7 Å². The minimum absolute atomic E-state index is 0.0167. The zero-order valence-corrected chi connectivity index (χ0v) is 16.6. The minimum atomic E-state index is -4.55. The number of hydrogen-bond acceptors (Lipinski definition) is 8. The van der Waals surface area contributed by atoms with Crippen molar-refractivity contribution in [3.63, 3.8) is 0 Å². The lowest BCUT2D eigenvalue weighted by Gasteiger charge is -2.20. The van der Waals surface area contributed by atoms with Crippen molar-refractivity contribution in [1.29, 1.82) is 0 Å². The van der Waals surface area contributed by atoms with E-state index >= 15 is 0 Å². The van der Waals surface area contributed by atoms with Crippen LogP contribution < -0.4 is 10.6 Å². The lowest BCUT2D eigenvalue weighted by Crippen LogP contribution is -2.28. The van der Waals surface area contributed by atoms with Gasteiger partial charge in [-0.25, -0.2) is 4.98 Å². The number of alkyl halides is 3. The first-order chi connectivity index (χ1) is 13.5. The molecule has 2 N–H and O–H groups in total. The van der Waals surface area contributed by atoms with Gasteiger partial charge >= 0.3 is 6.18 Å². The molecule has 3 aromatic rings. The van der Waals surface area contributed by atoms with Gasteiger partial charge in [-0.05, 0) is 27.7 Å². The molecule has 29 heavy (non-hydrogen) atoms. The maximum absolute atomic E-state index is 13.1. The molecule has 0 unspecified atom stereocenters. The van der Waals surface area contributed by atoms with E-state index < -0.39 is 17.3 Å². The zero-order chi connectivity index (χ0) is 21.4. The Morgan fingerprint density at radius 1 is 1.17 bits per heavy atom. The summed E-state index contributed by atoms with van der Waals surface area (Å²) in [6.45, 7) is 9.13. The highest BCUT2D eigenvalue weighted by atomic mass is 19.4. The Balaban J connectivity index is 1.91. The standard InChI is InChI=1S/C17H21F3N8O/c1-6-21-13-11(17(18,19)20)7-22-15(24-13)23-12-8-28(27-9(12)2)16(4,5)14-26-25-10(3)29-14/h7-8H,6H2,1-5H3,(H2,21,22,23,24). The van der Waals surface area contributed by atoms with Gasteiger partial charge in [0.1, 0.15) is 16.9 Å². The van der Waals surface area contributed by atoms with Gasteiger partial charge in [-0.1, -0.05) is 0 Å². The van der Waals surface area contributed by atoms with Crippen molar-refractivity contribution in [1.82, 2.24) is 29.9 Å². The number of rotatable bonds is 6. The highest BCUT2D eigenvalue weighted by Gasteiger charge is 2.35. The molecule has 9 nitrogen and oxygen atoms in total. The summed E-state index contributed by atoms with van der Waals surface area (Å²) in [4.78, 5) is 7.76. The van der Waals surface area contributed by atoms with E-state index in [1.807, 2.05) is 13.8 Å². The fourth-order valence-corrected chi connectivity index (χ4v) is 2.58. The van der Waals surface area contributed by atoms with Gasteiger partial charge in [-0.15, -0.1) is 10.2 Å². The molecular weight excluding hydrogens is 389 g/mol. The second-order valence-electron chi connectivity index (χ2n) is 6.87. The summed E-state index contributed by atoms with van der Waals surface area (Å²) >= 11 is 0. The Labute approximate surface area is 164 Å². The largest absolute Gasteiger partial charge is 0.423 e. The van der Waals surface area contributed by atoms with Crippen LogP contribution in [0.2, 0.25) is 0 Å². The molecule has 0 aliphatic carbocycles. The third-order valence-corrected chi connectivity index (χ3v) is 4.21. The third-order valence-electron chi connectivity index (χ3n) is 4.21. The van der Waals surface area contributed by atoms with Crippen LogP contribution in [-0.4, -0.2) is 36.5 Å². The molecule has 0 bridgehead atoms. The lowest BCUT2D eigenvalue weighted by molar-refractivity contribution is -0.137. The Kier molecular flexibility index (Phi) is 5.20. The van der Waals surface area contributed by atoms with Crippen molar-refractivity contribution in [2.45, 2.75) is 46.3 Å². The fourth-order valence-electron chi connectivity index (χ4n) is 2.58. The molecule has 0 atom stereocenters. The fraction of sp³-hybridized carbons (Fsp3) is 0.471. The number of aromatic nitrogens is 6. The van der Waals surface area contributed by atoms with Crippen LogP contribution in [0.15, 0.2) is 16.8 Å². The molecule has 0 spiro atoms. The number of aryl methyl sites for hydroxylation is 2. The Hall–Kier alpha value is -3.18. The highest BCUT2D eigenvalue weighted by Crippen LogP contribution is 2.34. The molecular formula is C17H21F3N8O. The predicted octanol–water partition coefficient (Wildman–Crippen LogP) is 3.65. The third kappa shape index (κ3) is 4.15. The first-order valence-electron chi connectivity index (χ1n) is 8.84. The van der Waals surface area contributed by atoms with E-state index in [9.17, 15) is 13.2 Å². The smallest absolute Gasteiger partial charge is 0.421 e. The summed E-state index contributed by atoms with van der Waals surface area (Å²) in [5.74, 6) is 0.543. The van der Waals surface area contributed by atoms with Crippen LogP contribution in [0, 0.1) is 13.8 Å². The van der Waals surface area contributed by atoms with Crippen molar-refractivity contribution in [2.24, 2.45) is 0 Å². The highest BCUT2D eigenvalue weighted by molar-refractivity contribution is 5.58. The quantitative estimate of drug-likeness (QED) is 0.634. The van der Waals surface area contributed by atoms with Crippen LogP contribution in [0.3, 0.4) is 0 Å². The average molecular weight is 410 g/mol. The summed E-state index contributed by atoms with van der Waals surface area (Å²) < 4.78 is 46.5. The van der Waals surface area contributed by atoms with Crippen LogP contribution in [0.5, 0.6) is 0 Å². The SMILES string of the molecule is CCNc1nc(Nc2cn(C(C)(C)c3nnc(C)o3)nc2C)ncc1C(F)(F)F. The van der Waals surface area contributed by atoms with Gasteiger partial charge in [-0.3, -0.25) is 4.68 Å². The molecule has 3 rings (SSSR count). The average Bonchev–Trinajstić information content (AvgIpc) is 3.21. The minimum Gasteiger partial charge on any atom is -0.423 e. The maximum atomic E-state index is 13.1. The second-order valence-corrected chi connectivity index (χ2v) is 6.87. The Bertz CT molecular complexity index is 1010. The molecule has 0 radical (unpaired) electrons. The van der Waals surface area contributed by atoms with Crippen molar-refractivity contribution >= 4 is 17.5 Å². The molecule has 3 aromatic heterocycles. The molecule has 156 valence electrons. The van der Waals surface area contributed by atoms with Crippen molar-refractivity contribution in [3.05, 3.63) is 35.4 Å². The number of nitrogens with zero attached hydrogens (tertiary/aromatic N) is 6. The summed E-state index contributed by atoms with van der Waals surface area (Å²) in [6, 6.07) is 0. The van der Waals surface area contributed by atoms with Gasteiger partial charge in [0.2, 0.25) is 17.7 Å². The van der Waals surface area contributed by atoms with Crippen molar-refractivity contribution < 1.29 is 17.6 Å².